The summed E-state index contributed by atoms with van der Waals surface area (Å²) in [6.45, 7) is 5.53. The number of rotatable bonds is 4. The van der Waals surface area contributed by atoms with E-state index in [9.17, 15) is 20.1 Å². The molecule has 4 N–H and O–H groups in total. The molecule has 0 spiro atoms. The van der Waals surface area contributed by atoms with Crippen LogP contribution in [0.2, 0.25) is 0 Å². The number of aliphatic hydroxyl groups is 4. The van der Waals surface area contributed by atoms with Crippen LogP contribution in [0.3, 0.4) is 0 Å². The molecule has 21 heavy (non-hydrogen) atoms. The summed E-state index contributed by atoms with van der Waals surface area (Å²) >= 11 is 0. The van der Waals surface area contributed by atoms with Gasteiger partial charge in [-0.25, -0.2) is 0 Å². The number of nitrogens with zero attached hydrogens (tertiary/aromatic N) is 2. The van der Waals surface area contributed by atoms with Gasteiger partial charge in [-0.2, -0.15) is 0 Å². The number of Topliss-reactive ketones (excluding diaryl/α,β-unsaturated/α-hetero) is 1. The van der Waals surface area contributed by atoms with E-state index in [1.807, 2.05) is 23.6 Å². The van der Waals surface area contributed by atoms with Crippen molar-refractivity contribution in [2.45, 2.75) is 38.3 Å². The molecule has 4 aliphatic heterocycles. The van der Waals surface area contributed by atoms with Gasteiger partial charge in [0.2, 0.25) is 0 Å². The normalized spacial score (nSPS) is 49.2. The molecular formula is C14H24N2O5. The highest BCUT2D eigenvalue weighted by molar-refractivity contribution is 5.92. The maximum atomic E-state index is 12.5. The molecule has 4 aliphatic rings. The fourth-order valence-corrected chi connectivity index (χ4v) is 4.57. The van der Waals surface area contributed by atoms with Crippen LogP contribution in [0.4, 0.5) is 0 Å². The van der Waals surface area contributed by atoms with Crippen molar-refractivity contribution in [3.63, 3.8) is 0 Å². The lowest BCUT2D eigenvalue weighted by molar-refractivity contribution is -0.225. The van der Waals surface area contributed by atoms with Gasteiger partial charge in [0.05, 0.1) is 23.6 Å². The van der Waals surface area contributed by atoms with E-state index in [2.05, 4.69) is 0 Å². The van der Waals surface area contributed by atoms with E-state index >= 15 is 0 Å². The Morgan fingerprint density at radius 3 is 1.90 bits per heavy atom. The van der Waals surface area contributed by atoms with Gasteiger partial charge in [0.25, 0.3) is 0 Å². The average Bonchev–Trinajstić information content (AvgIpc) is 2.41. The minimum Gasteiger partial charge on any atom is -0.394 e. The number of aliphatic hydroxyl groups excluding tert-OH is 4. The van der Waals surface area contributed by atoms with E-state index < -0.39 is 41.9 Å². The van der Waals surface area contributed by atoms with E-state index in [0.717, 1.165) is 0 Å². The molecule has 0 amide bonds. The first-order valence-corrected chi connectivity index (χ1v) is 7.40. The molecule has 120 valence electrons. The van der Waals surface area contributed by atoms with Crippen LogP contribution in [0.25, 0.3) is 0 Å². The zero-order chi connectivity index (χ0) is 15.6. The van der Waals surface area contributed by atoms with E-state index in [-0.39, 0.29) is 5.78 Å². The highest BCUT2D eigenvalue weighted by Gasteiger charge is 2.63. The van der Waals surface area contributed by atoms with Crippen molar-refractivity contribution < 1.29 is 25.2 Å². The predicted octanol–water partition coefficient (Wildman–Crippen LogP) is -2.39. The van der Waals surface area contributed by atoms with Crippen LogP contribution in [-0.4, -0.2) is 93.3 Å². The molecule has 0 saturated carbocycles. The van der Waals surface area contributed by atoms with Gasteiger partial charge in [-0.3, -0.25) is 14.6 Å². The molecule has 0 radical (unpaired) electrons. The molecular weight excluding hydrogens is 276 g/mol. The first kappa shape index (κ1) is 15.3. The first-order valence-electron chi connectivity index (χ1n) is 7.40. The molecule has 4 bridgehead atoms. The van der Waals surface area contributed by atoms with Crippen LogP contribution in [0.15, 0.2) is 0 Å². The van der Waals surface area contributed by atoms with E-state index in [0.29, 0.717) is 26.2 Å². The van der Waals surface area contributed by atoms with E-state index in [1.165, 1.54) is 0 Å². The van der Waals surface area contributed by atoms with Crippen LogP contribution in [0, 0.1) is 10.8 Å². The second-order valence-electron chi connectivity index (χ2n) is 7.41. The molecule has 0 unspecified atom stereocenters. The summed E-state index contributed by atoms with van der Waals surface area (Å²) in [5.74, 6) is 0.284. The highest BCUT2D eigenvalue weighted by atomic mass is 16.4. The number of piperidine rings is 2. The Labute approximate surface area is 123 Å². The van der Waals surface area contributed by atoms with Crippen LogP contribution in [-0.2, 0) is 4.79 Å². The summed E-state index contributed by atoms with van der Waals surface area (Å²) in [6.07, 6.45) is -4.38. The number of hydrogen-bond acceptors (Lipinski definition) is 7. The number of ketones is 1. The minimum atomic E-state index is -1.41. The second kappa shape index (κ2) is 4.71. The summed E-state index contributed by atoms with van der Waals surface area (Å²) in [4.78, 5) is 16.6. The smallest absolute Gasteiger partial charge is 0.149 e. The number of carbonyl (C=O) groups excluding carboxylic acids is 1. The van der Waals surface area contributed by atoms with Crippen molar-refractivity contribution in [2.75, 3.05) is 32.8 Å². The Bertz CT molecular complexity index is 417. The van der Waals surface area contributed by atoms with Gasteiger partial charge in [0.1, 0.15) is 24.1 Å². The number of carbonyl (C=O) groups is 1. The lowest BCUT2D eigenvalue weighted by Gasteiger charge is -2.65. The molecule has 4 fully saturated rings. The lowest BCUT2D eigenvalue weighted by atomic mass is 9.61. The summed E-state index contributed by atoms with van der Waals surface area (Å²) in [5, 5.41) is 38.8. The molecule has 4 saturated heterocycles. The minimum absolute atomic E-state index is 0.284. The van der Waals surface area contributed by atoms with Crippen molar-refractivity contribution in [3.05, 3.63) is 0 Å². The Hall–Kier alpha value is -0.570. The quantitative estimate of drug-likeness (QED) is 0.459. The van der Waals surface area contributed by atoms with Crippen LogP contribution in [0.1, 0.15) is 13.8 Å². The zero-order valence-electron chi connectivity index (χ0n) is 12.4. The summed E-state index contributed by atoms with van der Waals surface area (Å²) in [6, 6.07) is 0. The van der Waals surface area contributed by atoms with Crippen molar-refractivity contribution in [3.8, 4) is 0 Å². The van der Waals surface area contributed by atoms with Gasteiger partial charge in [-0.15, -0.1) is 0 Å². The third-order valence-corrected chi connectivity index (χ3v) is 5.29. The highest BCUT2D eigenvalue weighted by Crippen LogP contribution is 2.48. The van der Waals surface area contributed by atoms with Gasteiger partial charge < -0.3 is 20.4 Å². The Morgan fingerprint density at radius 1 is 1.10 bits per heavy atom. The summed E-state index contributed by atoms with van der Waals surface area (Å²) in [5.41, 5.74) is -0.857. The molecule has 0 aromatic rings. The van der Waals surface area contributed by atoms with Gasteiger partial charge in [0.15, 0.2) is 0 Å². The van der Waals surface area contributed by atoms with Crippen molar-refractivity contribution >= 4 is 5.78 Å². The molecule has 7 heteroatoms. The monoisotopic (exact) mass is 300 g/mol. The van der Waals surface area contributed by atoms with Gasteiger partial charge >= 0.3 is 0 Å². The Morgan fingerprint density at radius 2 is 1.52 bits per heavy atom. The lowest BCUT2D eigenvalue weighted by Crippen LogP contribution is -2.80. The molecule has 4 rings (SSSR count). The SMILES string of the molecule is CC12CN3CC(C)(CN(C1)C3[C@H](O)[C@H](O)[C@@H](O)CO)C2=O. The maximum absolute atomic E-state index is 12.5. The molecule has 7 nitrogen and oxygen atoms in total. The first-order chi connectivity index (χ1) is 9.72. The summed E-state index contributed by atoms with van der Waals surface area (Å²) in [7, 11) is 0. The fraction of sp³-hybridized carbons (Fsp3) is 0.929. The third-order valence-electron chi connectivity index (χ3n) is 5.29. The maximum Gasteiger partial charge on any atom is 0.149 e. The van der Waals surface area contributed by atoms with Gasteiger partial charge in [-0.05, 0) is 0 Å². The average molecular weight is 300 g/mol. The Kier molecular flexibility index (Phi) is 3.44. The van der Waals surface area contributed by atoms with Crippen LogP contribution in [0.5, 0.6) is 0 Å². The zero-order valence-corrected chi connectivity index (χ0v) is 12.4. The van der Waals surface area contributed by atoms with E-state index in [4.69, 9.17) is 5.11 Å². The Balaban J connectivity index is 1.84. The van der Waals surface area contributed by atoms with Gasteiger partial charge in [0, 0.05) is 26.2 Å². The van der Waals surface area contributed by atoms with Gasteiger partial charge in [-0.1, -0.05) is 13.8 Å². The number of hydrogen-bond donors (Lipinski definition) is 4. The molecule has 0 aromatic carbocycles. The van der Waals surface area contributed by atoms with Crippen molar-refractivity contribution in [1.82, 2.24) is 9.80 Å². The van der Waals surface area contributed by atoms with Crippen LogP contribution < -0.4 is 0 Å². The van der Waals surface area contributed by atoms with Crippen molar-refractivity contribution in [1.29, 1.82) is 0 Å². The fourth-order valence-electron chi connectivity index (χ4n) is 4.57. The molecule has 0 aromatic heterocycles. The molecule has 0 aliphatic carbocycles. The molecule has 3 atom stereocenters. The molecule has 4 heterocycles. The topological polar surface area (TPSA) is 104 Å². The largest absolute Gasteiger partial charge is 0.394 e. The van der Waals surface area contributed by atoms with E-state index in [1.54, 1.807) is 0 Å². The standard InChI is InChI=1S/C14H24N2O5/c1-13-4-15-6-14(2,12(13)21)7-16(5-13)11(15)10(20)9(19)8(18)3-17/h8-11,17-20H,3-7H2,1-2H3/t8-,9+,10+,11?,13?,14?/m0/s1. The third kappa shape index (κ3) is 2.07. The van der Waals surface area contributed by atoms with Crippen LogP contribution >= 0.6 is 0 Å². The predicted molar refractivity (Wildman–Crippen MR) is 73.3 cm³/mol. The summed E-state index contributed by atoms with van der Waals surface area (Å²) < 4.78 is 0. The van der Waals surface area contributed by atoms with Crippen molar-refractivity contribution in [2.24, 2.45) is 10.8 Å². The second-order valence-corrected chi connectivity index (χ2v) is 7.41.